The molecule has 24 heavy (non-hydrogen) atoms. The van der Waals surface area contributed by atoms with Crippen LogP contribution in [0.4, 0.5) is 5.69 Å². The van der Waals surface area contributed by atoms with Crippen molar-refractivity contribution in [1.82, 2.24) is 0 Å². The molecule has 0 amide bonds. The summed E-state index contributed by atoms with van der Waals surface area (Å²) in [6.07, 6.45) is 1.96. The van der Waals surface area contributed by atoms with Crippen LogP contribution >= 0.6 is 27.7 Å². The first-order valence-corrected chi connectivity index (χ1v) is 9.54. The van der Waals surface area contributed by atoms with E-state index in [0.29, 0.717) is 11.4 Å². The molecule has 7 heteroatoms. The molecule has 1 aromatic carbocycles. The minimum atomic E-state index is -0.500. The van der Waals surface area contributed by atoms with E-state index in [0.717, 1.165) is 15.5 Å². The molecule has 0 bridgehead atoms. The van der Waals surface area contributed by atoms with Crippen molar-refractivity contribution in [2.75, 3.05) is 11.5 Å². The number of carbonyl (C=O) groups excluding carboxylic acids is 1. The van der Waals surface area contributed by atoms with Crippen molar-refractivity contribution >= 4 is 51.7 Å². The Morgan fingerprint density at radius 3 is 2.42 bits per heavy atom. The van der Waals surface area contributed by atoms with Gasteiger partial charge in [-0.2, -0.15) is 0 Å². The fourth-order valence-electron chi connectivity index (χ4n) is 2.23. The Kier molecular flexibility index (Phi) is 5.90. The summed E-state index contributed by atoms with van der Waals surface area (Å²) in [6, 6.07) is 5.68. The van der Waals surface area contributed by atoms with Crippen LogP contribution in [-0.2, 0) is 14.1 Å². The summed E-state index contributed by atoms with van der Waals surface area (Å²) in [5.41, 5.74) is 7.65. The molecule has 0 unspecified atom stereocenters. The zero-order chi connectivity index (χ0) is 18.1. The third-order valence-electron chi connectivity index (χ3n) is 4.39. The van der Waals surface area contributed by atoms with Gasteiger partial charge in [0.25, 0.3) is 0 Å². The Morgan fingerprint density at radius 1 is 1.29 bits per heavy atom. The van der Waals surface area contributed by atoms with Crippen molar-refractivity contribution in [3.8, 4) is 0 Å². The average molecular weight is 412 g/mol. The molecule has 0 radical (unpaired) electrons. The van der Waals surface area contributed by atoms with E-state index in [9.17, 15) is 4.79 Å². The Labute approximate surface area is 156 Å². The number of nitrogens with two attached hydrogens (primary N) is 1. The number of anilines is 1. The van der Waals surface area contributed by atoms with Gasteiger partial charge in [-0.1, -0.05) is 33.8 Å². The topological polar surface area (TPSA) is 61.6 Å². The lowest BCUT2D eigenvalue weighted by Crippen LogP contribution is -2.41. The maximum atomic E-state index is 11.4. The molecule has 0 atom stereocenters. The van der Waals surface area contributed by atoms with E-state index in [1.807, 2.05) is 52.0 Å². The van der Waals surface area contributed by atoms with Gasteiger partial charge in [-0.05, 0) is 56.9 Å². The van der Waals surface area contributed by atoms with Gasteiger partial charge in [0.1, 0.15) is 0 Å². The van der Waals surface area contributed by atoms with Crippen molar-refractivity contribution in [2.24, 2.45) is 0 Å². The summed E-state index contributed by atoms with van der Waals surface area (Å²) < 4.78 is 13.2. The fourth-order valence-corrected chi connectivity index (χ4v) is 3.20. The predicted octanol–water partition coefficient (Wildman–Crippen LogP) is 4.33. The highest BCUT2D eigenvalue weighted by molar-refractivity contribution is 9.10. The maximum absolute atomic E-state index is 11.4. The molecule has 2 N–H and O–H groups in total. The van der Waals surface area contributed by atoms with Crippen molar-refractivity contribution in [3.63, 3.8) is 0 Å². The molecule has 1 aliphatic rings. The van der Waals surface area contributed by atoms with Crippen LogP contribution in [0.5, 0.6) is 0 Å². The third-order valence-corrected chi connectivity index (χ3v) is 5.77. The number of hydrogen-bond acceptors (Lipinski definition) is 5. The Balaban J connectivity index is 2.37. The Hall–Kier alpha value is -0.755. The molecule has 1 aliphatic heterocycles. The minimum absolute atomic E-state index is 0.0552. The average Bonchev–Trinajstić information content (AvgIpc) is 2.66. The normalized spacial score (nSPS) is 19.6. The van der Waals surface area contributed by atoms with E-state index < -0.39 is 18.3 Å². The second kappa shape index (κ2) is 7.24. The Bertz CT molecular complexity index is 660. The fraction of sp³-hybridized carbons (Fsp3) is 0.471. The second-order valence-corrected chi connectivity index (χ2v) is 8.93. The molecule has 1 aromatic rings. The summed E-state index contributed by atoms with van der Waals surface area (Å²) in [4.78, 5) is 11.4. The van der Waals surface area contributed by atoms with Crippen molar-refractivity contribution in [1.29, 1.82) is 0 Å². The smallest absolute Gasteiger partial charge is 0.400 e. The summed E-state index contributed by atoms with van der Waals surface area (Å²) >= 11 is 4.70. The molecule has 0 saturated carbocycles. The molecule has 0 aliphatic carbocycles. The van der Waals surface area contributed by atoms with E-state index >= 15 is 0 Å². The number of hydrogen-bond donors (Lipinski definition) is 1. The van der Waals surface area contributed by atoms with Crippen molar-refractivity contribution < 1.29 is 14.1 Å². The highest BCUT2D eigenvalue weighted by Crippen LogP contribution is 2.39. The molecule has 1 saturated heterocycles. The van der Waals surface area contributed by atoms with Crippen LogP contribution in [0.15, 0.2) is 28.1 Å². The molecule has 0 aromatic heterocycles. The lowest BCUT2D eigenvalue weighted by Gasteiger charge is -2.32. The molecular weight excluding hydrogens is 389 g/mol. The van der Waals surface area contributed by atoms with Crippen LogP contribution in [0.2, 0.25) is 0 Å². The van der Waals surface area contributed by atoms with Gasteiger partial charge in [0.15, 0.2) is 5.12 Å². The highest BCUT2D eigenvalue weighted by Gasteiger charge is 2.52. The molecule has 1 heterocycles. The largest absolute Gasteiger partial charge is 0.491 e. The SMILES string of the molecule is CC(=O)SCC(=Cc1cc(Br)ccc1N)B1OC(C)(C)C(C)(C)O1. The second-order valence-electron chi connectivity index (χ2n) is 6.86. The van der Waals surface area contributed by atoms with Gasteiger partial charge in [0.05, 0.1) is 11.2 Å². The predicted molar refractivity (Wildman–Crippen MR) is 106 cm³/mol. The van der Waals surface area contributed by atoms with Crippen LogP contribution in [-0.4, -0.2) is 29.2 Å². The van der Waals surface area contributed by atoms with Crippen LogP contribution < -0.4 is 5.73 Å². The van der Waals surface area contributed by atoms with Crippen LogP contribution in [0.1, 0.15) is 40.2 Å². The monoisotopic (exact) mass is 411 g/mol. The van der Waals surface area contributed by atoms with E-state index in [1.54, 1.807) is 6.92 Å². The zero-order valence-electron chi connectivity index (χ0n) is 14.7. The maximum Gasteiger partial charge on any atom is 0.491 e. The summed E-state index contributed by atoms with van der Waals surface area (Å²) in [7, 11) is -0.500. The first-order chi connectivity index (χ1) is 11.0. The summed E-state index contributed by atoms with van der Waals surface area (Å²) in [6.45, 7) is 9.60. The van der Waals surface area contributed by atoms with Gasteiger partial charge >= 0.3 is 7.12 Å². The summed E-state index contributed by atoms with van der Waals surface area (Å²) in [5.74, 6) is 0.498. The molecule has 4 nitrogen and oxygen atoms in total. The van der Waals surface area contributed by atoms with Gasteiger partial charge < -0.3 is 15.0 Å². The molecule has 130 valence electrons. The van der Waals surface area contributed by atoms with Gasteiger partial charge in [-0.15, -0.1) is 0 Å². The van der Waals surface area contributed by atoms with E-state index in [2.05, 4.69) is 15.9 Å². The molecular formula is C17H23BBrNO3S. The van der Waals surface area contributed by atoms with E-state index in [4.69, 9.17) is 15.0 Å². The lowest BCUT2D eigenvalue weighted by atomic mass is 9.78. The minimum Gasteiger partial charge on any atom is -0.400 e. The van der Waals surface area contributed by atoms with Crippen LogP contribution in [0.3, 0.4) is 0 Å². The van der Waals surface area contributed by atoms with Crippen molar-refractivity contribution in [2.45, 2.75) is 45.8 Å². The van der Waals surface area contributed by atoms with Gasteiger partial charge in [0.2, 0.25) is 0 Å². The quantitative estimate of drug-likeness (QED) is 0.590. The van der Waals surface area contributed by atoms with Crippen molar-refractivity contribution in [3.05, 3.63) is 33.7 Å². The molecule has 2 rings (SSSR count). The lowest BCUT2D eigenvalue weighted by molar-refractivity contribution is -0.109. The van der Waals surface area contributed by atoms with Crippen LogP contribution in [0.25, 0.3) is 6.08 Å². The number of rotatable bonds is 4. The molecule has 0 spiro atoms. The number of carbonyl (C=O) groups is 1. The standard InChI is InChI=1S/C17H23BBrNO3S/c1-11(21)24-10-13(8-12-9-14(19)6-7-15(12)20)18-22-16(2,3)17(4,5)23-18/h6-9H,10,20H2,1-5H3. The first kappa shape index (κ1) is 19.6. The third kappa shape index (κ3) is 4.45. The van der Waals surface area contributed by atoms with E-state index in [1.165, 1.54) is 11.8 Å². The Morgan fingerprint density at radius 2 is 1.88 bits per heavy atom. The van der Waals surface area contributed by atoms with Gasteiger partial charge in [-0.3, -0.25) is 4.79 Å². The highest BCUT2D eigenvalue weighted by atomic mass is 79.9. The van der Waals surface area contributed by atoms with E-state index in [-0.39, 0.29) is 5.12 Å². The zero-order valence-corrected chi connectivity index (χ0v) is 17.1. The van der Waals surface area contributed by atoms with Gasteiger partial charge in [0, 0.05) is 22.8 Å². The van der Waals surface area contributed by atoms with Gasteiger partial charge in [-0.25, -0.2) is 0 Å². The van der Waals surface area contributed by atoms with Crippen LogP contribution in [0, 0.1) is 0 Å². The molecule has 1 fully saturated rings. The number of benzene rings is 1. The first-order valence-electron chi connectivity index (χ1n) is 7.76. The summed E-state index contributed by atoms with van der Waals surface area (Å²) in [5, 5.41) is 0.0552. The number of halogens is 1. The number of nitrogen functional groups attached to an aromatic ring is 1. The number of thioether (sulfide) groups is 1.